The number of anilines is 1. The second kappa shape index (κ2) is 7.70. The fourth-order valence-electron chi connectivity index (χ4n) is 2.19. The fourth-order valence-corrected chi connectivity index (χ4v) is 2.91. The second-order valence-corrected chi connectivity index (χ2v) is 6.02. The maximum absolute atomic E-state index is 12.9. The fraction of sp³-hybridized carbons (Fsp3) is 0.111. The number of halogens is 1. The highest BCUT2D eigenvalue weighted by Crippen LogP contribution is 2.24. The molecule has 4 nitrogen and oxygen atoms in total. The lowest BCUT2D eigenvalue weighted by Gasteiger charge is -2.05. The Morgan fingerprint density at radius 1 is 1.08 bits per heavy atom. The molecular weight excluding hydrogens is 325 g/mol. The van der Waals surface area contributed by atoms with Gasteiger partial charge in [-0.1, -0.05) is 30.3 Å². The van der Waals surface area contributed by atoms with Gasteiger partial charge in [0.1, 0.15) is 5.82 Å². The molecule has 0 unspecified atom stereocenters. The third kappa shape index (κ3) is 4.39. The quantitative estimate of drug-likeness (QED) is 0.726. The predicted molar refractivity (Wildman–Crippen MR) is 94.7 cm³/mol. The Labute approximate surface area is 143 Å². The molecule has 1 heterocycles. The third-order valence-electron chi connectivity index (χ3n) is 3.41. The number of hydrogen-bond acceptors (Lipinski definition) is 3. The van der Waals surface area contributed by atoms with Crippen LogP contribution in [0.5, 0.6) is 0 Å². The van der Waals surface area contributed by atoms with E-state index in [0.29, 0.717) is 17.4 Å². The van der Waals surface area contributed by atoms with E-state index in [9.17, 15) is 9.18 Å². The number of rotatable bonds is 5. The molecule has 0 bridgehead atoms. The summed E-state index contributed by atoms with van der Waals surface area (Å²) in [7, 11) is 0. The molecule has 24 heavy (non-hydrogen) atoms. The van der Waals surface area contributed by atoms with Gasteiger partial charge in [-0.25, -0.2) is 14.2 Å². The van der Waals surface area contributed by atoms with Crippen LogP contribution in [0.1, 0.15) is 5.56 Å². The summed E-state index contributed by atoms with van der Waals surface area (Å²) in [6.07, 6.45) is 0.771. The third-order valence-corrected chi connectivity index (χ3v) is 4.16. The average molecular weight is 341 g/mol. The number of aromatic nitrogens is 1. The summed E-state index contributed by atoms with van der Waals surface area (Å²) < 4.78 is 12.9. The van der Waals surface area contributed by atoms with Crippen LogP contribution in [0, 0.1) is 5.82 Å². The van der Waals surface area contributed by atoms with E-state index in [2.05, 4.69) is 15.6 Å². The van der Waals surface area contributed by atoms with Gasteiger partial charge in [-0.15, -0.1) is 11.3 Å². The normalized spacial score (nSPS) is 10.4. The Bertz CT molecular complexity index is 803. The Hall–Kier alpha value is -2.73. The van der Waals surface area contributed by atoms with E-state index in [1.165, 1.54) is 29.0 Å². The van der Waals surface area contributed by atoms with Gasteiger partial charge in [-0.3, -0.25) is 5.32 Å². The minimum Gasteiger partial charge on any atom is -0.337 e. The minimum atomic E-state index is -0.287. The maximum atomic E-state index is 12.9. The number of thiazole rings is 1. The molecule has 0 aliphatic carbocycles. The Morgan fingerprint density at radius 3 is 2.58 bits per heavy atom. The highest BCUT2D eigenvalue weighted by atomic mass is 32.1. The lowest BCUT2D eigenvalue weighted by Crippen LogP contribution is -2.30. The summed E-state index contributed by atoms with van der Waals surface area (Å²) in [6.45, 7) is 0.548. The second-order valence-electron chi connectivity index (χ2n) is 5.16. The van der Waals surface area contributed by atoms with Crippen molar-refractivity contribution in [3.8, 4) is 11.3 Å². The van der Waals surface area contributed by atoms with Gasteiger partial charge >= 0.3 is 6.03 Å². The van der Waals surface area contributed by atoms with Gasteiger partial charge in [0.25, 0.3) is 0 Å². The lowest BCUT2D eigenvalue weighted by atomic mass is 10.1. The van der Waals surface area contributed by atoms with E-state index in [-0.39, 0.29) is 11.8 Å². The van der Waals surface area contributed by atoms with Crippen LogP contribution in [-0.4, -0.2) is 17.6 Å². The highest BCUT2D eigenvalue weighted by molar-refractivity contribution is 7.14. The van der Waals surface area contributed by atoms with Crippen LogP contribution in [0.25, 0.3) is 11.3 Å². The molecule has 0 aliphatic heterocycles. The number of nitrogens with zero attached hydrogens (tertiary/aromatic N) is 1. The number of benzene rings is 2. The molecule has 6 heteroatoms. The summed E-state index contributed by atoms with van der Waals surface area (Å²) >= 11 is 1.33. The summed E-state index contributed by atoms with van der Waals surface area (Å²) in [4.78, 5) is 16.2. The number of carbonyl (C=O) groups is 1. The first-order valence-corrected chi connectivity index (χ1v) is 8.39. The van der Waals surface area contributed by atoms with Gasteiger partial charge in [-0.05, 0) is 36.2 Å². The van der Waals surface area contributed by atoms with Gasteiger partial charge in [-0.2, -0.15) is 0 Å². The molecule has 0 radical (unpaired) electrons. The van der Waals surface area contributed by atoms with Gasteiger partial charge in [0.05, 0.1) is 5.69 Å². The van der Waals surface area contributed by atoms with Crippen molar-refractivity contribution < 1.29 is 9.18 Å². The molecule has 122 valence electrons. The van der Waals surface area contributed by atoms with Crippen molar-refractivity contribution in [3.05, 3.63) is 71.4 Å². The average Bonchev–Trinajstić information content (AvgIpc) is 3.05. The summed E-state index contributed by atoms with van der Waals surface area (Å²) in [5, 5.41) is 7.85. The number of nitrogens with one attached hydrogen (secondary N) is 2. The monoisotopic (exact) mass is 341 g/mol. The van der Waals surface area contributed by atoms with Crippen molar-refractivity contribution in [2.45, 2.75) is 6.42 Å². The van der Waals surface area contributed by atoms with Crippen molar-refractivity contribution >= 4 is 22.5 Å². The molecular formula is C18H16FN3OS. The smallest absolute Gasteiger partial charge is 0.321 e. The summed E-state index contributed by atoms with van der Waals surface area (Å²) in [6, 6.07) is 15.8. The first kappa shape index (κ1) is 16.1. The molecule has 0 fully saturated rings. The van der Waals surface area contributed by atoms with E-state index in [1.807, 2.05) is 35.7 Å². The molecule has 2 N–H and O–H groups in total. The van der Waals surface area contributed by atoms with E-state index >= 15 is 0 Å². The van der Waals surface area contributed by atoms with Crippen molar-refractivity contribution in [3.63, 3.8) is 0 Å². The van der Waals surface area contributed by atoms with E-state index in [1.54, 1.807) is 12.1 Å². The summed E-state index contributed by atoms with van der Waals surface area (Å²) in [5.41, 5.74) is 2.69. The molecule has 2 aromatic carbocycles. The number of hydrogen-bond donors (Lipinski definition) is 2. The zero-order valence-corrected chi connectivity index (χ0v) is 13.6. The zero-order chi connectivity index (χ0) is 16.8. The van der Waals surface area contributed by atoms with Gasteiger partial charge < -0.3 is 5.32 Å². The topological polar surface area (TPSA) is 54.0 Å². The molecule has 0 spiro atoms. The van der Waals surface area contributed by atoms with Crippen LogP contribution >= 0.6 is 11.3 Å². The SMILES string of the molecule is O=C(NCCc1ccccc1)Nc1nc(-c2ccc(F)cc2)cs1. The standard InChI is InChI=1S/C18H16FN3OS/c19-15-8-6-14(7-9-15)16-12-24-18(21-16)22-17(23)20-11-10-13-4-2-1-3-5-13/h1-9,12H,10-11H2,(H2,20,21,22,23). The summed E-state index contributed by atoms with van der Waals surface area (Å²) in [5.74, 6) is -0.287. The van der Waals surface area contributed by atoms with Gasteiger partial charge in [0.2, 0.25) is 0 Å². The number of amides is 2. The van der Waals surface area contributed by atoms with Crippen LogP contribution < -0.4 is 10.6 Å². The molecule has 2 amide bonds. The van der Waals surface area contributed by atoms with Crippen LogP contribution in [0.3, 0.4) is 0 Å². The number of carbonyl (C=O) groups excluding carboxylic acids is 1. The molecule has 0 aliphatic rings. The van der Waals surface area contributed by atoms with Crippen LogP contribution in [0.4, 0.5) is 14.3 Å². The lowest BCUT2D eigenvalue weighted by molar-refractivity contribution is 0.252. The van der Waals surface area contributed by atoms with Gasteiger partial charge in [0, 0.05) is 17.5 Å². The molecule has 3 aromatic rings. The van der Waals surface area contributed by atoms with Crippen molar-refractivity contribution in [2.75, 3.05) is 11.9 Å². The van der Waals surface area contributed by atoms with Crippen molar-refractivity contribution in [1.29, 1.82) is 0 Å². The zero-order valence-electron chi connectivity index (χ0n) is 12.8. The highest BCUT2D eigenvalue weighted by Gasteiger charge is 2.07. The maximum Gasteiger partial charge on any atom is 0.321 e. The first-order valence-electron chi connectivity index (χ1n) is 7.51. The molecule has 0 saturated heterocycles. The molecule has 1 aromatic heterocycles. The predicted octanol–water partition coefficient (Wildman–Crippen LogP) is 4.31. The van der Waals surface area contributed by atoms with E-state index in [4.69, 9.17) is 0 Å². The van der Waals surface area contributed by atoms with E-state index < -0.39 is 0 Å². The minimum absolute atomic E-state index is 0.286. The molecule has 0 saturated carbocycles. The van der Waals surface area contributed by atoms with Crippen LogP contribution in [0.15, 0.2) is 60.0 Å². The first-order chi connectivity index (χ1) is 11.7. The Morgan fingerprint density at radius 2 is 1.83 bits per heavy atom. The largest absolute Gasteiger partial charge is 0.337 e. The molecule has 0 atom stereocenters. The van der Waals surface area contributed by atoms with Crippen LogP contribution in [0.2, 0.25) is 0 Å². The Kier molecular flexibility index (Phi) is 5.18. The van der Waals surface area contributed by atoms with E-state index in [0.717, 1.165) is 12.0 Å². The van der Waals surface area contributed by atoms with Crippen molar-refractivity contribution in [2.24, 2.45) is 0 Å². The van der Waals surface area contributed by atoms with Crippen molar-refractivity contribution in [1.82, 2.24) is 10.3 Å². The van der Waals surface area contributed by atoms with Gasteiger partial charge in [0.15, 0.2) is 5.13 Å². The Balaban J connectivity index is 1.51. The van der Waals surface area contributed by atoms with Crippen LogP contribution in [-0.2, 0) is 6.42 Å². The molecule has 3 rings (SSSR count). The number of urea groups is 1.